The van der Waals surface area contributed by atoms with E-state index >= 15 is 0 Å². The largest absolute Gasteiger partial charge is 0.126 e. The molecular formula is C14H20BrCl. The summed E-state index contributed by atoms with van der Waals surface area (Å²) in [5.41, 5.74) is 1.37. The van der Waals surface area contributed by atoms with Gasteiger partial charge < -0.3 is 0 Å². The topological polar surface area (TPSA) is 0 Å². The summed E-state index contributed by atoms with van der Waals surface area (Å²) in [5.74, 6) is 2.13. The summed E-state index contributed by atoms with van der Waals surface area (Å²) in [6.07, 6.45) is 3.57. The smallest absolute Gasteiger partial charge is 0.0254 e. The van der Waals surface area contributed by atoms with Gasteiger partial charge in [-0.3, -0.25) is 0 Å². The van der Waals surface area contributed by atoms with Crippen LogP contribution in [0.1, 0.15) is 32.3 Å². The van der Waals surface area contributed by atoms with Gasteiger partial charge in [-0.05, 0) is 36.3 Å². The van der Waals surface area contributed by atoms with E-state index in [-0.39, 0.29) is 0 Å². The Kier molecular flexibility index (Phi) is 6.45. The predicted octanol–water partition coefficient (Wildman–Crippen LogP) is 5.28. The van der Waals surface area contributed by atoms with Crippen LogP contribution >= 0.6 is 27.5 Å². The average molecular weight is 304 g/mol. The lowest BCUT2D eigenvalue weighted by Gasteiger charge is -2.16. The van der Waals surface area contributed by atoms with Crippen molar-refractivity contribution < 1.29 is 0 Å². The molecule has 1 aromatic carbocycles. The van der Waals surface area contributed by atoms with Crippen molar-refractivity contribution >= 4 is 27.5 Å². The first-order valence-electron chi connectivity index (χ1n) is 5.92. The fraction of sp³-hybridized carbons (Fsp3) is 0.571. The van der Waals surface area contributed by atoms with E-state index in [0.29, 0.717) is 5.92 Å². The van der Waals surface area contributed by atoms with E-state index in [9.17, 15) is 0 Å². The molecule has 1 rings (SSSR count). The van der Waals surface area contributed by atoms with Crippen LogP contribution in [0.2, 0.25) is 0 Å². The quantitative estimate of drug-likeness (QED) is 0.627. The zero-order chi connectivity index (χ0) is 12.0. The van der Waals surface area contributed by atoms with Gasteiger partial charge in [0.05, 0.1) is 0 Å². The molecule has 0 N–H and O–H groups in total. The number of alkyl halides is 1. The molecular weight excluding hydrogens is 284 g/mol. The molecule has 0 spiro atoms. The van der Waals surface area contributed by atoms with Crippen molar-refractivity contribution in [2.45, 2.75) is 33.1 Å². The number of rotatable bonds is 6. The fourth-order valence-corrected chi connectivity index (χ4v) is 2.49. The lowest BCUT2D eigenvalue weighted by atomic mass is 9.93. The first-order valence-corrected chi connectivity index (χ1v) is 7.25. The third kappa shape index (κ3) is 4.88. The van der Waals surface area contributed by atoms with E-state index in [2.05, 4.69) is 54.0 Å². The number of hydrogen-bond acceptors (Lipinski definition) is 0. The lowest BCUT2D eigenvalue weighted by Crippen LogP contribution is -2.08. The first kappa shape index (κ1) is 14.1. The van der Waals surface area contributed by atoms with E-state index < -0.39 is 0 Å². The predicted molar refractivity (Wildman–Crippen MR) is 76.1 cm³/mol. The molecule has 0 aliphatic heterocycles. The van der Waals surface area contributed by atoms with Gasteiger partial charge in [-0.1, -0.05) is 54.4 Å². The Morgan fingerprint density at radius 2 is 1.88 bits per heavy atom. The van der Waals surface area contributed by atoms with Gasteiger partial charge in [0.15, 0.2) is 0 Å². The molecule has 1 atom stereocenters. The average Bonchev–Trinajstić information content (AvgIpc) is 2.26. The van der Waals surface area contributed by atoms with Gasteiger partial charge in [0.1, 0.15) is 0 Å². The van der Waals surface area contributed by atoms with Crippen LogP contribution in [0.5, 0.6) is 0 Å². The van der Waals surface area contributed by atoms with Crippen LogP contribution in [0.4, 0.5) is 0 Å². The molecule has 90 valence electrons. The van der Waals surface area contributed by atoms with E-state index in [0.717, 1.165) is 18.2 Å². The Morgan fingerprint density at radius 3 is 2.44 bits per heavy atom. The minimum atomic E-state index is 0.600. The maximum Gasteiger partial charge on any atom is 0.0254 e. The van der Waals surface area contributed by atoms with E-state index in [1.807, 2.05) is 0 Å². The molecule has 0 saturated heterocycles. The van der Waals surface area contributed by atoms with Crippen LogP contribution in [-0.2, 0) is 6.42 Å². The van der Waals surface area contributed by atoms with E-state index in [4.69, 9.17) is 11.6 Å². The number of hydrogen-bond donors (Lipinski definition) is 0. The molecule has 0 aliphatic carbocycles. The highest BCUT2D eigenvalue weighted by molar-refractivity contribution is 9.10. The monoisotopic (exact) mass is 302 g/mol. The van der Waals surface area contributed by atoms with Gasteiger partial charge in [0, 0.05) is 10.4 Å². The van der Waals surface area contributed by atoms with Gasteiger partial charge in [-0.15, -0.1) is 11.6 Å². The molecule has 1 unspecified atom stereocenters. The summed E-state index contributed by atoms with van der Waals surface area (Å²) in [6, 6.07) is 8.42. The second-order valence-electron chi connectivity index (χ2n) is 4.79. The summed E-state index contributed by atoms with van der Waals surface area (Å²) in [5, 5.41) is 0. The highest BCUT2D eigenvalue weighted by atomic mass is 79.9. The van der Waals surface area contributed by atoms with E-state index in [1.54, 1.807) is 0 Å². The van der Waals surface area contributed by atoms with Crippen molar-refractivity contribution in [3.8, 4) is 0 Å². The van der Waals surface area contributed by atoms with Crippen molar-refractivity contribution in [3.63, 3.8) is 0 Å². The van der Waals surface area contributed by atoms with Crippen LogP contribution in [0, 0.1) is 11.8 Å². The van der Waals surface area contributed by atoms with Crippen LogP contribution < -0.4 is 0 Å². The van der Waals surface area contributed by atoms with Crippen LogP contribution in [-0.4, -0.2) is 5.88 Å². The summed E-state index contributed by atoms with van der Waals surface area (Å²) in [7, 11) is 0. The molecule has 16 heavy (non-hydrogen) atoms. The van der Waals surface area contributed by atoms with Crippen molar-refractivity contribution in [2.75, 3.05) is 5.88 Å². The summed E-state index contributed by atoms with van der Waals surface area (Å²) in [6.45, 7) is 4.54. The van der Waals surface area contributed by atoms with Gasteiger partial charge in [0.25, 0.3) is 0 Å². The maximum atomic E-state index is 6.04. The second-order valence-corrected chi connectivity index (χ2v) is 5.95. The maximum absolute atomic E-state index is 6.04. The van der Waals surface area contributed by atoms with Crippen LogP contribution in [0.3, 0.4) is 0 Å². The first-order chi connectivity index (χ1) is 7.63. The van der Waals surface area contributed by atoms with Gasteiger partial charge >= 0.3 is 0 Å². The Hall–Kier alpha value is -0.0100. The highest BCUT2D eigenvalue weighted by Gasteiger charge is 2.11. The minimum absolute atomic E-state index is 0.600. The van der Waals surface area contributed by atoms with Crippen molar-refractivity contribution in [3.05, 3.63) is 34.3 Å². The number of halogens is 2. The molecule has 0 saturated carbocycles. The second kappa shape index (κ2) is 7.34. The fourth-order valence-electron chi connectivity index (χ4n) is 1.78. The SMILES string of the molecule is CC(C)CCC(CCl)Cc1ccccc1Br. The van der Waals surface area contributed by atoms with Gasteiger partial charge in [-0.2, -0.15) is 0 Å². The molecule has 2 heteroatoms. The Bertz CT molecular complexity index is 309. The molecule has 0 aliphatic rings. The third-order valence-electron chi connectivity index (χ3n) is 2.84. The van der Waals surface area contributed by atoms with Crippen molar-refractivity contribution in [1.29, 1.82) is 0 Å². The van der Waals surface area contributed by atoms with Gasteiger partial charge in [0.2, 0.25) is 0 Å². The Balaban J connectivity index is 2.53. The summed E-state index contributed by atoms with van der Waals surface area (Å²) < 4.78 is 1.20. The lowest BCUT2D eigenvalue weighted by molar-refractivity contribution is 0.451. The van der Waals surface area contributed by atoms with Crippen LogP contribution in [0.15, 0.2) is 28.7 Å². The Morgan fingerprint density at radius 1 is 1.19 bits per heavy atom. The standard InChI is InChI=1S/C14H20BrCl/c1-11(2)7-8-12(10-16)9-13-5-3-4-6-14(13)15/h3-6,11-12H,7-10H2,1-2H3. The molecule has 0 heterocycles. The van der Waals surface area contributed by atoms with Crippen molar-refractivity contribution in [2.24, 2.45) is 11.8 Å². The molecule has 1 aromatic rings. The normalized spacial score (nSPS) is 13.1. The van der Waals surface area contributed by atoms with Gasteiger partial charge in [-0.25, -0.2) is 0 Å². The molecule has 0 amide bonds. The zero-order valence-electron chi connectivity index (χ0n) is 10.0. The zero-order valence-corrected chi connectivity index (χ0v) is 12.4. The minimum Gasteiger partial charge on any atom is -0.126 e. The summed E-state index contributed by atoms with van der Waals surface area (Å²) >= 11 is 9.63. The Labute approximate surface area is 113 Å². The van der Waals surface area contributed by atoms with Crippen LogP contribution in [0.25, 0.3) is 0 Å². The molecule has 0 fully saturated rings. The third-order valence-corrected chi connectivity index (χ3v) is 4.05. The molecule has 0 radical (unpaired) electrons. The highest BCUT2D eigenvalue weighted by Crippen LogP contribution is 2.23. The molecule has 0 bridgehead atoms. The molecule has 0 nitrogen and oxygen atoms in total. The number of benzene rings is 1. The van der Waals surface area contributed by atoms with E-state index in [1.165, 1.54) is 22.9 Å². The summed E-state index contributed by atoms with van der Waals surface area (Å²) in [4.78, 5) is 0. The van der Waals surface area contributed by atoms with Crippen molar-refractivity contribution in [1.82, 2.24) is 0 Å². The molecule has 0 aromatic heterocycles.